The monoisotopic (exact) mass is 369 g/mol. The van der Waals surface area contributed by atoms with E-state index in [9.17, 15) is 4.79 Å². The Morgan fingerprint density at radius 3 is 2.93 bits per heavy atom. The molecule has 0 amide bonds. The number of esters is 1. The Balaban J connectivity index is 1.63. The van der Waals surface area contributed by atoms with Crippen LogP contribution in [-0.2, 0) is 9.47 Å². The molecule has 0 aliphatic carbocycles. The predicted octanol–water partition coefficient (Wildman–Crippen LogP) is 3.99. The van der Waals surface area contributed by atoms with Gasteiger partial charge in [0.1, 0.15) is 12.1 Å². The lowest BCUT2D eigenvalue weighted by Crippen LogP contribution is -2.29. The minimum absolute atomic E-state index is 0.102. The minimum Gasteiger partial charge on any atom is -0.461 e. The van der Waals surface area contributed by atoms with Crippen LogP contribution >= 0.6 is 0 Å². The molecule has 2 heterocycles. The van der Waals surface area contributed by atoms with Crippen molar-refractivity contribution in [3.05, 3.63) is 53.0 Å². The summed E-state index contributed by atoms with van der Waals surface area (Å²) in [7, 11) is 0. The fraction of sp³-hybridized carbons (Fsp3) is 0.476. The highest BCUT2D eigenvalue weighted by molar-refractivity contribution is 5.90. The zero-order chi connectivity index (χ0) is 19.2. The van der Waals surface area contributed by atoms with E-state index in [2.05, 4.69) is 46.5 Å². The summed E-state index contributed by atoms with van der Waals surface area (Å²) in [5, 5.41) is 3.32. The predicted molar refractivity (Wildman–Crippen MR) is 104 cm³/mol. The number of nitrogens with zero attached hydrogens (tertiary/aromatic N) is 2. The van der Waals surface area contributed by atoms with E-state index in [1.165, 1.54) is 17.5 Å². The Morgan fingerprint density at radius 2 is 2.15 bits per heavy atom. The Labute approximate surface area is 160 Å². The maximum Gasteiger partial charge on any atom is 0.357 e. The van der Waals surface area contributed by atoms with E-state index >= 15 is 0 Å². The number of rotatable bonds is 6. The van der Waals surface area contributed by atoms with Gasteiger partial charge in [-0.05, 0) is 45.6 Å². The first-order valence-corrected chi connectivity index (χ1v) is 9.53. The third kappa shape index (κ3) is 4.83. The van der Waals surface area contributed by atoms with E-state index in [-0.39, 0.29) is 12.2 Å². The van der Waals surface area contributed by atoms with Crippen molar-refractivity contribution >= 4 is 11.8 Å². The molecule has 6 heteroatoms. The van der Waals surface area contributed by atoms with Gasteiger partial charge in [-0.15, -0.1) is 0 Å². The van der Waals surface area contributed by atoms with Crippen molar-refractivity contribution < 1.29 is 14.3 Å². The maximum atomic E-state index is 12.0. The van der Waals surface area contributed by atoms with Gasteiger partial charge in [0.25, 0.3) is 0 Å². The van der Waals surface area contributed by atoms with Crippen LogP contribution < -0.4 is 5.32 Å². The first-order chi connectivity index (χ1) is 13.1. The van der Waals surface area contributed by atoms with Crippen molar-refractivity contribution in [3.8, 4) is 0 Å². The van der Waals surface area contributed by atoms with Crippen molar-refractivity contribution in [2.75, 3.05) is 18.5 Å². The molecule has 6 nitrogen and oxygen atoms in total. The molecule has 1 N–H and O–H groups in total. The van der Waals surface area contributed by atoms with E-state index in [0.717, 1.165) is 19.3 Å². The van der Waals surface area contributed by atoms with E-state index < -0.39 is 5.97 Å². The number of anilines is 1. The SMILES string of the molecule is CCOC(=O)c1ncnc(NC[C@@H]2CCC[C@H](c3cccc(C)c3)O2)c1C. The molecule has 1 aromatic heterocycles. The number of nitrogens with one attached hydrogen (secondary N) is 1. The minimum atomic E-state index is -0.422. The third-order valence-corrected chi connectivity index (χ3v) is 4.81. The van der Waals surface area contributed by atoms with Gasteiger partial charge in [0.05, 0.1) is 18.8 Å². The Morgan fingerprint density at radius 1 is 1.30 bits per heavy atom. The molecule has 1 aliphatic heterocycles. The molecule has 0 bridgehead atoms. The Hall–Kier alpha value is -2.47. The number of hydrogen-bond donors (Lipinski definition) is 1. The highest BCUT2D eigenvalue weighted by atomic mass is 16.5. The maximum absolute atomic E-state index is 12.0. The Kier molecular flexibility index (Phi) is 6.40. The smallest absolute Gasteiger partial charge is 0.357 e. The topological polar surface area (TPSA) is 73.3 Å². The van der Waals surface area contributed by atoms with Crippen LogP contribution in [0.3, 0.4) is 0 Å². The van der Waals surface area contributed by atoms with Gasteiger partial charge in [0.2, 0.25) is 0 Å². The number of aryl methyl sites for hydroxylation is 1. The molecule has 144 valence electrons. The van der Waals surface area contributed by atoms with Crippen molar-refractivity contribution in [1.82, 2.24) is 9.97 Å². The normalized spacial score (nSPS) is 19.5. The van der Waals surface area contributed by atoms with Gasteiger partial charge in [0, 0.05) is 12.1 Å². The van der Waals surface area contributed by atoms with Crippen LogP contribution in [0.2, 0.25) is 0 Å². The molecule has 0 spiro atoms. The van der Waals surface area contributed by atoms with Crippen molar-refractivity contribution in [1.29, 1.82) is 0 Å². The van der Waals surface area contributed by atoms with Crippen LogP contribution in [0.25, 0.3) is 0 Å². The van der Waals surface area contributed by atoms with Crippen LogP contribution in [0.1, 0.15) is 59.5 Å². The number of carbonyl (C=O) groups is 1. The summed E-state index contributed by atoms with van der Waals surface area (Å²) in [6, 6.07) is 8.51. The van der Waals surface area contributed by atoms with Gasteiger partial charge in [-0.3, -0.25) is 0 Å². The number of ether oxygens (including phenoxy) is 2. The number of aromatic nitrogens is 2. The van der Waals surface area contributed by atoms with Crippen molar-refractivity contribution in [2.24, 2.45) is 0 Å². The first kappa shape index (κ1) is 19.3. The second kappa shape index (κ2) is 8.95. The Bertz CT molecular complexity index is 794. The molecule has 3 rings (SSSR count). The zero-order valence-corrected chi connectivity index (χ0v) is 16.2. The summed E-state index contributed by atoms with van der Waals surface area (Å²) in [5.41, 5.74) is 3.49. The molecule has 0 radical (unpaired) electrons. The molecule has 2 atom stereocenters. The molecule has 0 saturated carbocycles. The highest BCUT2D eigenvalue weighted by Gasteiger charge is 2.24. The van der Waals surface area contributed by atoms with Crippen molar-refractivity contribution in [3.63, 3.8) is 0 Å². The molecule has 0 unspecified atom stereocenters. The molecule has 2 aromatic rings. The summed E-state index contributed by atoms with van der Waals surface area (Å²) in [6.07, 6.45) is 4.79. The fourth-order valence-corrected chi connectivity index (χ4v) is 3.41. The summed E-state index contributed by atoms with van der Waals surface area (Å²) < 4.78 is 11.4. The van der Waals surface area contributed by atoms with Gasteiger partial charge in [-0.1, -0.05) is 29.8 Å². The quantitative estimate of drug-likeness (QED) is 0.776. The molecular formula is C21H27N3O3. The summed E-state index contributed by atoms with van der Waals surface area (Å²) in [4.78, 5) is 20.3. The van der Waals surface area contributed by atoms with Gasteiger partial charge in [-0.25, -0.2) is 14.8 Å². The number of hydrogen-bond acceptors (Lipinski definition) is 6. The highest BCUT2D eigenvalue weighted by Crippen LogP contribution is 2.31. The number of benzene rings is 1. The van der Waals surface area contributed by atoms with Gasteiger partial charge in [0.15, 0.2) is 5.69 Å². The zero-order valence-electron chi connectivity index (χ0n) is 16.2. The summed E-state index contributed by atoms with van der Waals surface area (Å²) >= 11 is 0. The third-order valence-electron chi connectivity index (χ3n) is 4.81. The van der Waals surface area contributed by atoms with E-state index in [4.69, 9.17) is 9.47 Å². The lowest BCUT2D eigenvalue weighted by atomic mass is 9.97. The van der Waals surface area contributed by atoms with Gasteiger partial charge >= 0.3 is 5.97 Å². The second-order valence-electron chi connectivity index (χ2n) is 6.89. The summed E-state index contributed by atoms with van der Waals surface area (Å²) in [6.45, 7) is 6.67. The van der Waals surface area contributed by atoms with Gasteiger partial charge < -0.3 is 14.8 Å². The molecule has 1 aliphatic rings. The van der Waals surface area contributed by atoms with E-state index in [0.29, 0.717) is 30.2 Å². The molecule has 1 saturated heterocycles. The molecule has 1 aromatic carbocycles. The van der Waals surface area contributed by atoms with Crippen LogP contribution in [0.5, 0.6) is 0 Å². The van der Waals surface area contributed by atoms with Crippen LogP contribution in [0.15, 0.2) is 30.6 Å². The van der Waals surface area contributed by atoms with Crippen LogP contribution in [0, 0.1) is 13.8 Å². The average Bonchev–Trinajstić information content (AvgIpc) is 2.67. The van der Waals surface area contributed by atoms with Crippen molar-refractivity contribution in [2.45, 2.75) is 52.2 Å². The molecule has 27 heavy (non-hydrogen) atoms. The van der Waals surface area contributed by atoms with E-state index in [1.54, 1.807) is 6.92 Å². The van der Waals surface area contributed by atoms with Crippen LogP contribution in [-0.4, -0.2) is 35.2 Å². The molecular weight excluding hydrogens is 342 g/mol. The lowest BCUT2D eigenvalue weighted by Gasteiger charge is -2.31. The van der Waals surface area contributed by atoms with E-state index in [1.807, 2.05) is 6.92 Å². The molecule has 1 fully saturated rings. The van der Waals surface area contributed by atoms with Crippen LogP contribution in [0.4, 0.5) is 5.82 Å². The fourth-order valence-electron chi connectivity index (χ4n) is 3.41. The second-order valence-corrected chi connectivity index (χ2v) is 6.89. The van der Waals surface area contributed by atoms with Gasteiger partial charge in [-0.2, -0.15) is 0 Å². The largest absolute Gasteiger partial charge is 0.461 e. The first-order valence-electron chi connectivity index (χ1n) is 9.53. The summed E-state index contributed by atoms with van der Waals surface area (Å²) in [5.74, 6) is 0.225. The number of carbonyl (C=O) groups excluding carboxylic acids is 1. The lowest BCUT2D eigenvalue weighted by molar-refractivity contribution is -0.0442. The standard InChI is InChI=1S/C21H27N3O3/c1-4-26-21(25)19-15(3)20(24-13-23-19)22-12-17-9-6-10-18(27-17)16-8-5-7-14(2)11-16/h5,7-8,11,13,17-18H,4,6,9-10,12H2,1-3H3,(H,22,23,24)/t17-,18+/m0/s1. The average molecular weight is 369 g/mol.